The first-order valence-electron chi connectivity index (χ1n) is 11.2. The molecule has 0 aliphatic heterocycles. The summed E-state index contributed by atoms with van der Waals surface area (Å²) >= 11 is 6.09. The third kappa shape index (κ3) is 4.85. The molecule has 0 spiro atoms. The zero-order valence-corrected chi connectivity index (χ0v) is 19.3. The van der Waals surface area contributed by atoms with Crippen molar-refractivity contribution in [2.24, 2.45) is 0 Å². The molecule has 34 heavy (non-hydrogen) atoms. The number of hydrogen-bond donors (Lipinski definition) is 0. The Labute approximate surface area is 204 Å². The van der Waals surface area contributed by atoms with Crippen molar-refractivity contribution >= 4 is 28.4 Å². The molecule has 0 saturated carbocycles. The monoisotopic (exact) mass is 462 g/mol. The second-order valence-corrected chi connectivity index (χ2v) is 8.65. The molecule has 166 valence electrons. The van der Waals surface area contributed by atoms with E-state index in [-0.39, 0.29) is 5.91 Å². The van der Waals surface area contributed by atoms with E-state index in [0.717, 1.165) is 33.3 Å². The Balaban J connectivity index is 1.60. The van der Waals surface area contributed by atoms with Gasteiger partial charge in [-0.25, -0.2) is 4.98 Å². The van der Waals surface area contributed by atoms with Gasteiger partial charge in [0.15, 0.2) is 0 Å². The number of hydrogen-bond acceptors (Lipinski definition) is 2. The summed E-state index contributed by atoms with van der Waals surface area (Å²) in [6, 6.07) is 37.4. The van der Waals surface area contributed by atoms with Gasteiger partial charge in [0.25, 0.3) is 5.91 Å². The lowest BCUT2D eigenvalue weighted by molar-refractivity contribution is 0.0732. The minimum atomic E-state index is -0.0264. The van der Waals surface area contributed by atoms with Gasteiger partial charge in [0, 0.05) is 29.1 Å². The molecule has 0 atom stereocenters. The number of para-hydroxylation sites is 1. The maximum Gasteiger partial charge on any atom is 0.255 e. The first-order valence-corrected chi connectivity index (χ1v) is 11.6. The molecular weight excluding hydrogens is 440 g/mol. The molecule has 4 aromatic carbocycles. The van der Waals surface area contributed by atoms with Crippen molar-refractivity contribution in [3.05, 3.63) is 137 Å². The lowest BCUT2D eigenvalue weighted by Crippen LogP contribution is -2.30. The standard InChI is InChI=1S/C30H23ClN2O/c31-25-17-15-24(16-18-25)29-19-27(26-13-7-8-14-28(26)32-29)30(34)33(20-22-9-3-1-4-10-22)21-23-11-5-2-6-12-23/h1-19H,20-21H2. The topological polar surface area (TPSA) is 33.2 Å². The van der Waals surface area contributed by atoms with Crippen molar-refractivity contribution in [1.29, 1.82) is 0 Å². The number of benzene rings is 4. The van der Waals surface area contributed by atoms with Crippen molar-refractivity contribution < 1.29 is 4.79 Å². The molecule has 1 heterocycles. The Morgan fingerprint density at radius 1 is 0.706 bits per heavy atom. The zero-order chi connectivity index (χ0) is 23.3. The average Bonchev–Trinajstić information content (AvgIpc) is 2.89. The third-order valence-corrected chi connectivity index (χ3v) is 6.06. The van der Waals surface area contributed by atoms with Crippen LogP contribution in [0.2, 0.25) is 5.02 Å². The van der Waals surface area contributed by atoms with Gasteiger partial charge < -0.3 is 4.90 Å². The van der Waals surface area contributed by atoms with Gasteiger partial charge in [0.1, 0.15) is 0 Å². The molecule has 0 saturated heterocycles. The highest BCUT2D eigenvalue weighted by Crippen LogP contribution is 2.27. The quantitative estimate of drug-likeness (QED) is 0.263. The summed E-state index contributed by atoms with van der Waals surface area (Å²) in [5, 5.41) is 1.51. The lowest BCUT2D eigenvalue weighted by atomic mass is 10.0. The van der Waals surface area contributed by atoms with Crippen molar-refractivity contribution in [3.8, 4) is 11.3 Å². The van der Waals surface area contributed by atoms with Gasteiger partial charge in [-0.1, -0.05) is 103 Å². The smallest absolute Gasteiger partial charge is 0.255 e. The molecule has 5 aromatic rings. The van der Waals surface area contributed by atoms with Crippen molar-refractivity contribution in [2.75, 3.05) is 0 Å². The van der Waals surface area contributed by atoms with Crippen molar-refractivity contribution in [2.45, 2.75) is 13.1 Å². The van der Waals surface area contributed by atoms with Gasteiger partial charge in [-0.3, -0.25) is 4.79 Å². The molecular formula is C30H23ClN2O. The van der Waals surface area contributed by atoms with E-state index in [4.69, 9.17) is 16.6 Å². The zero-order valence-electron chi connectivity index (χ0n) is 18.6. The maximum atomic E-state index is 14.1. The molecule has 0 bridgehead atoms. The van der Waals surface area contributed by atoms with E-state index < -0.39 is 0 Å². The fourth-order valence-corrected chi connectivity index (χ4v) is 4.22. The normalized spacial score (nSPS) is 10.9. The fraction of sp³-hybridized carbons (Fsp3) is 0.0667. The van der Waals surface area contributed by atoms with Crippen LogP contribution in [-0.4, -0.2) is 15.8 Å². The van der Waals surface area contributed by atoms with Crippen LogP contribution in [0.15, 0.2) is 115 Å². The molecule has 5 rings (SSSR count). The molecule has 1 aromatic heterocycles. The highest BCUT2D eigenvalue weighted by Gasteiger charge is 2.21. The van der Waals surface area contributed by atoms with Crippen LogP contribution < -0.4 is 0 Å². The minimum Gasteiger partial charge on any atom is -0.330 e. The number of fused-ring (bicyclic) bond motifs is 1. The SMILES string of the molecule is O=C(c1cc(-c2ccc(Cl)cc2)nc2ccccc12)N(Cc1ccccc1)Cc1ccccc1. The van der Waals surface area contributed by atoms with Gasteiger partial charge >= 0.3 is 0 Å². The summed E-state index contributed by atoms with van der Waals surface area (Å²) < 4.78 is 0. The van der Waals surface area contributed by atoms with E-state index in [0.29, 0.717) is 23.7 Å². The Hall–Kier alpha value is -3.95. The Kier molecular flexibility index (Phi) is 6.37. The maximum absolute atomic E-state index is 14.1. The summed E-state index contributed by atoms with van der Waals surface area (Å²) in [7, 11) is 0. The van der Waals surface area contributed by atoms with E-state index in [2.05, 4.69) is 24.3 Å². The second kappa shape index (κ2) is 9.90. The van der Waals surface area contributed by atoms with Crippen LogP contribution in [0.3, 0.4) is 0 Å². The number of aromatic nitrogens is 1. The number of carbonyl (C=O) groups is 1. The first kappa shape index (κ1) is 21.9. The fourth-order valence-electron chi connectivity index (χ4n) is 4.10. The van der Waals surface area contributed by atoms with E-state index in [1.165, 1.54) is 0 Å². The van der Waals surface area contributed by atoms with E-state index in [1.54, 1.807) is 0 Å². The Morgan fingerprint density at radius 2 is 1.26 bits per heavy atom. The molecule has 0 N–H and O–H groups in total. The largest absolute Gasteiger partial charge is 0.330 e. The van der Waals surface area contributed by atoms with Crippen molar-refractivity contribution in [3.63, 3.8) is 0 Å². The van der Waals surface area contributed by atoms with Crippen LogP contribution in [0.25, 0.3) is 22.2 Å². The number of rotatable bonds is 6. The number of carbonyl (C=O) groups excluding carboxylic acids is 1. The third-order valence-electron chi connectivity index (χ3n) is 5.81. The predicted molar refractivity (Wildman–Crippen MR) is 139 cm³/mol. The van der Waals surface area contributed by atoms with E-state index in [1.807, 2.05) is 95.9 Å². The van der Waals surface area contributed by atoms with Gasteiger partial charge in [-0.2, -0.15) is 0 Å². The summed E-state index contributed by atoms with van der Waals surface area (Å²) in [5.41, 5.74) is 5.27. The molecule has 0 aliphatic rings. The minimum absolute atomic E-state index is 0.0264. The first-order chi connectivity index (χ1) is 16.7. The molecule has 0 fully saturated rings. The van der Waals surface area contributed by atoms with Gasteiger partial charge in [0.2, 0.25) is 0 Å². The van der Waals surface area contributed by atoms with Crippen molar-refractivity contribution in [1.82, 2.24) is 9.88 Å². The second-order valence-electron chi connectivity index (χ2n) is 8.21. The lowest BCUT2D eigenvalue weighted by Gasteiger charge is -2.24. The molecule has 0 unspecified atom stereocenters. The number of amides is 1. The Morgan fingerprint density at radius 3 is 1.88 bits per heavy atom. The van der Waals surface area contributed by atoms with Crippen LogP contribution >= 0.6 is 11.6 Å². The highest BCUT2D eigenvalue weighted by molar-refractivity contribution is 6.30. The number of nitrogens with zero attached hydrogens (tertiary/aromatic N) is 2. The summed E-state index contributed by atoms with van der Waals surface area (Å²) in [5.74, 6) is -0.0264. The van der Waals surface area contributed by atoms with Gasteiger partial charge in [0.05, 0.1) is 16.8 Å². The molecule has 1 amide bonds. The van der Waals surface area contributed by atoms with E-state index >= 15 is 0 Å². The summed E-state index contributed by atoms with van der Waals surface area (Å²) in [6.45, 7) is 1.03. The predicted octanol–water partition coefficient (Wildman–Crippen LogP) is 7.40. The highest BCUT2D eigenvalue weighted by atomic mass is 35.5. The molecule has 0 aliphatic carbocycles. The van der Waals surface area contributed by atoms with Gasteiger partial charge in [-0.05, 0) is 35.4 Å². The molecule has 3 nitrogen and oxygen atoms in total. The molecule has 4 heteroatoms. The number of pyridine rings is 1. The van der Waals surface area contributed by atoms with Crippen LogP contribution in [0.4, 0.5) is 0 Å². The summed E-state index contributed by atoms with van der Waals surface area (Å²) in [6.07, 6.45) is 0. The number of halogens is 1. The van der Waals surface area contributed by atoms with Crippen LogP contribution in [0, 0.1) is 0 Å². The average molecular weight is 463 g/mol. The van der Waals surface area contributed by atoms with Gasteiger partial charge in [-0.15, -0.1) is 0 Å². The molecule has 0 radical (unpaired) electrons. The van der Waals surface area contributed by atoms with Crippen LogP contribution in [0.1, 0.15) is 21.5 Å². The van der Waals surface area contributed by atoms with E-state index in [9.17, 15) is 4.79 Å². The Bertz CT molecular complexity index is 1380. The van der Waals surface area contributed by atoms with Crippen LogP contribution in [-0.2, 0) is 13.1 Å². The van der Waals surface area contributed by atoms with Crippen LogP contribution in [0.5, 0.6) is 0 Å². The summed E-state index contributed by atoms with van der Waals surface area (Å²) in [4.78, 5) is 20.8.